The van der Waals surface area contributed by atoms with Gasteiger partial charge in [-0.3, -0.25) is 14.9 Å². The molecule has 36 heavy (non-hydrogen) atoms. The fraction of sp³-hybridized carbons (Fsp3) is 0.185. The maximum atomic E-state index is 13.0. The summed E-state index contributed by atoms with van der Waals surface area (Å²) >= 11 is 0. The lowest BCUT2D eigenvalue weighted by Gasteiger charge is -2.23. The van der Waals surface area contributed by atoms with Crippen LogP contribution in [0, 0.1) is 10.1 Å². The Bertz CT molecular complexity index is 1390. The van der Waals surface area contributed by atoms with E-state index in [9.17, 15) is 19.7 Å². The van der Waals surface area contributed by atoms with Gasteiger partial charge in [-0.05, 0) is 36.2 Å². The van der Waals surface area contributed by atoms with Crippen LogP contribution in [0.1, 0.15) is 12.0 Å². The van der Waals surface area contributed by atoms with E-state index in [0.29, 0.717) is 43.1 Å². The largest absolute Gasteiger partial charge is 0.484 e. The van der Waals surface area contributed by atoms with Crippen molar-refractivity contribution in [3.63, 3.8) is 0 Å². The average molecular weight is 488 g/mol. The van der Waals surface area contributed by atoms with Gasteiger partial charge >= 0.3 is 5.63 Å². The second-order valence-corrected chi connectivity index (χ2v) is 8.10. The molecule has 4 aromatic rings. The van der Waals surface area contributed by atoms with Crippen LogP contribution in [-0.2, 0) is 11.3 Å². The van der Waals surface area contributed by atoms with Gasteiger partial charge in [0.25, 0.3) is 11.6 Å². The maximum absolute atomic E-state index is 13.0. The molecule has 0 spiro atoms. The highest BCUT2D eigenvalue weighted by Crippen LogP contribution is 2.21. The molecule has 0 fully saturated rings. The van der Waals surface area contributed by atoms with Crippen LogP contribution in [0.25, 0.3) is 11.0 Å². The van der Waals surface area contributed by atoms with E-state index in [1.54, 1.807) is 17.0 Å². The summed E-state index contributed by atoms with van der Waals surface area (Å²) in [5.74, 6) is 0.174. The molecule has 1 heterocycles. The van der Waals surface area contributed by atoms with Crippen LogP contribution in [-0.4, -0.2) is 35.4 Å². The summed E-state index contributed by atoms with van der Waals surface area (Å²) in [6.07, 6.45) is 0.630. The van der Waals surface area contributed by atoms with Crippen molar-refractivity contribution in [3.05, 3.63) is 111 Å². The zero-order valence-corrected chi connectivity index (χ0v) is 19.5. The van der Waals surface area contributed by atoms with Crippen LogP contribution in [0.3, 0.4) is 0 Å². The highest BCUT2D eigenvalue weighted by Gasteiger charge is 2.15. The third kappa shape index (κ3) is 6.47. The summed E-state index contributed by atoms with van der Waals surface area (Å²) < 4.78 is 10.8. The van der Waals surface area contributed by atoms with Gasteiger partial charge in [0.15, 0.2) is 6.61 Å². The fourth-order valence-electron chi connectivity index (χ4n) is 3.75. The van der Waals surface area contributed by atoms with E-state index in [-0.39, 0.29) is 18.2 Å². The van der Waals surface area contributed by atoms with Gasteiger partial charge in [0.05, 0.1) is 10.6 Å². The number of rotatable bonds is 11. The van der Waals surface area contributed by atoms with Gasteiger partial charge in [0, 0.05) is 43.2 Å². The number of hydrogen-bond acceptors (Lipinski definition) is 7. The lowest BCUT2D eigenvalue weighted by Crippen LogP contribution is -2.36. The highest BCUT2D eigenvalue weighted by molar-refractivity contribution is 5.89. The van der Waals surface area contributed by atoms with E-state index in [1.807, 2.05) is 42.5 Å². The van der Waals surface area contributed by atoms with Crippen LogP contribution in [0.4, 0.5) is 11.4 Å². The molecule has 9 heteroatoms. The number of hydrogen-bond donors (Lipinski definition) is 1. The molecular formula is C27H25N3O6. The number of ether oxygens (including phenoxy) is 1. The van der Waals surface area contributed by atoms with E-state index < -0.39 is 10.5 Å². The molecule has 0 unspecified atom stereocenters. The summed E-state index contributed by atoms with van der Waals surface area (Å²) in [6, 6.07) is 24.0. The van der Waals surface area contributed by atoms with Crippen molar-refractivity contribution in [2.24, 2.45) is 0 Å². The van der Waals surface area contributed by atoms with Crippen molar-refractivity contribution in [2.75, 3.05) is 25.0 Å². The molecule has 0 aliphatic heterocycles. The third-order valence-corrected chi connectivity index (χ3v) is 5.55. The molecule has 0 saturated carbocycles. The van der Waals surface area contributed by atoms with E-state index in [4.69, 9.17) is 9.15 Å². The smallest absolute Gasteiger partial charge is 0.338 e. The number of nitro groups is 1. The molecule has 1 aromatic heterocycles. The normalized spacial score (nSPS) is 10.7. The molecule has 4 rings (SSSR count). The zero-order valence-electron chi connectivity index (χ0n) is 19.5. The Morgan fingerprint density at radius 2 is 1.72 bits per heavy atom. The number of fused-ring (bicyclic) bond motifs is 1. The monoisotopic (exact) mass is 487 g/mol. The lowest BCUT2D eigenvalue weighted by molar-refractivity contribution is -0.384. The molecule has 1 N–H and O–H groups in total. The molecule has 0 bridgehead atoms. The van der Waals surface area contributed by atoms with Crippen LogP contribution < -0.4 is 15.7 Å². The Hall–Kier alpha value is -4.66. The van der Waals surface area contributed by atoms with Gasteiger partial charge in [-0.15, -0.1) is 0 Å². The second kappa shape index (κ2) is 11.7. The van der Waals surface area contributed by atoms with Crippen molar-refractivity contribution in [3.8, 4) is 5.75 Å². The molecule has 0 aliphatic rings. The zero-order chi connectivity index (χ0) is 25.3. The van der Waals surface area contributed by atoms with Crippen molar-refractivity contribution in [1.29, 1.82) is 0 Å². The number of nitrogens with zero attached hydrogens (tertiary/aromatic N) is 2. The topological polar surface area (TPSA) is 115 Å². The first-order valence-corrected chi connectivity index (χ1v) is 11.5. The number of carbonyl (C=O) groups excluding carboxylic acids is 1. The quantitative estimate of drug-likeness (QED) is 0.142. The minimum Gasteiger partial charge on any atom is -0.484 e. The van der Waals surface area contributed by atoms with Gasteiger partial charge in [-0.25, -0.2) is 4.79 Å². The molecule has 0 atom stereocenters. The minimum atomic E-state index is -0.491. The number of carbonyl (C=O) groups is 1. The summed E-state index contributed by atoms with van der Waals surface area (Å²) in [5.41, 5.74) is 1.71. The van der Waals surface area contributed by atoms with Gasteiger partial charge in [-0.2, -0.15) is 0 Å². The molecule has 1 amide bonds. The molecule has 0 aliphatic carbocycles. The predicted molar refractivity (Wildman–Crippen MR) is 136 cm³/mol. The summed E-state index contributed by atoms with van der Waals surface area (Å²) in [5, 5.41) is 14.9. The Kier molecular flexibility index (Phi) is 7.92. The van der Waals surface area contributed by atoms with E-state index >= 15 is 0 Å². The maximum Gasteiger partial charge on any atom is 0.338 e. The SMILES string of the molecule is O=C(COc1ccc([N+](=O)[O-])cc1)N(CCCNc1cc(=O)oc2ccccc12)Cc1ccccc1. The van der Waals surface area contributed by atoms with Crippen LogP contribution >= 0.6 is 0 Å². The van der Waals surface area contributed by atoms with E-state index in [0.717, 1.165) is 10.9 Å². The van der Waals surface area contributed by atoms with Crippen molar-refractivity contribution in [2.45, 2.75) is 13.0 Å². The number of nitro benzene ring substituents is 1. The standard InChI is InChI=1S/C27H25N3O6/c31-26(19-35-22-13-11-21(12-14-22)30(33)34)29(18-20-7-2-1-3-8-20)16-6-15-28-24-17-27(32)36-25-10-5-4-9-23(24)25/h1-5,7-14,17,28H,6,15-16,18-19H2. The van der Waals surface area contributed by atoms with E-state index in [2.05, 4.69) is 5.32 Å². The Morgan fingerprint density at radius 3 is 2.47 bits per heavy atom. The predicted octanol–water partition coefficient (Wildman–Crippen LogP) is 4.61. The molecule has 9 nitrogen and oxygen atoms in total. The molecular weight excluding hydrogens is 462 g/mol. The first-order valence-electron chi connectivity index (χ1n) is 11.5. The Balaban J connectivity index is 1.37. The first kappa shape index (κ1) is 24.5. The van der Waals surface area contributed by atoms with Gasteiger partial charge in [-0.1, -0.05) is 42.5 Å². The number of non-ortho nitro benzene ring substituents is 1. The van der Waals surface area contributed by atoms with Crippen molar-refractivity contribution >= 4 is 28.3 Å². The second-order valence-electron chi connectivity index (χ2n) is 8.10. The molecule has 0 radical (unpaired) electrons. The van der Waals surface area contributed by atoms with Crippen LogP contribution in [0.15, 0.2) is 94.1 Å². The number of anilines is 1. The third-order valence-electron chi connectivity index (χ3n) is 5.55. The first-order chi connectivity index (χ1) is 17.5. The highest BCUT2D eigenvalue weighted by atomic mass is 16.6. The fourth-order valence-corrected chi connectivity index (χ4v) is 3.75. The molecule has 184 valence electrons. The number of amides is 1. The average Bonchev–Trinajstić information content (AvgIpc) is 2.89. The van der Waals surface area contributed by atoms with E-state index in [1.165, 1.54) is 30.3 Å². The molecule has 3 aromatic carbocycles. The summed E-state index contributed by atoms with van der Waals surface area (Å²) in [6.45, 7) is 1.22. The van der Waals surface area contributed by atoms with Gasteiger partial charge in [0.2, 0.25) is 0 Å². The molecule has 0 saturated heterocycles. The summed E-state index contributed by atoms with van der Waals surface area (Å²) in [4.78, 5) is 36.9. The van der Waals surface area contributed by atoms with Crippen LogP contribution in [0.5, 0.6) is 5.75 Å². The minimum absolute atomic E-state index is 0.0455. The Morgan fingerprint density at radius 1 is 1.00 bits per heavy atom. The summed E-state index contributed by atoms with van der Waals surface area (Å²) in [7, 11) is 0. The Labute approximate surface area is 207 Å². The van der Waals surface area contributed by atoms with Crippen molar-refractivity contribution in [1.82, 2.24) is 4.90 Å². The van der Waals surface area contributed by atoms with Crippen molar-refractivity contribution < 1.29 is 18.9 Å². The lowest BCUT2D eigenvalue weighted by atomic mass is 10.2. The number of benzene rings is 3. The van der Waals surface area contributed by atoms with Gasteiger partial charge < -0.3 is 19.4 Å². The number of para-hydroxylation sites is 1. The van der Waals surface area contributed by atoms with Crippen LogP contribution in [0.2, 0.25) is 0 Å². The van der Waals surface area contributed by atoms with Gasteiger partial charge in [0.1, 0.15) is 11.3 Å². The number of nitrogens with one attached hydrogen (secondary N) is 1.